The van der Waals surface area contributed by atoms with Gasteiger partial charge in [0, 0.05) is 12.0 Å². The Kier molecular flexibility index (Phi) is 3.35. The zero-order valence-corrected chi connectivity index (χ0v) is 9.02. The highest BCUT2D eigenvalue weighted by atomic mass is 79.9. The minimum atomic E-state index is -0.481. The maximum atomic E-state index is 10.6. The van der Waals surface area contributed by atoms with E-state index in [1.54, 1.807) is 19.1 Å². The summed E-state index contributed by atoms with van der Waals surface area (Å²) in [6.07, 6.45) is 0.757. The van der Waals surface area contributed by atoms with Crippen LogP contribution in [0.2, 0.25) is 0 Å². The van der Waals surface area contributed by atoms with E-state index in [4.69, 9.17) is 0 Å². The number of aldehydes is 1. The number of nitrogens with zero attached hydrogens (tertiary/aromatic N) is 1. The Balaban J connectivity index is 3.19. The number of hydrogen-bond donors (Lipinski definition) is 0. The van der Waals surface area contributed by atoms with Gasteiger partial charge in [-0.2, -0.15) is 0 Å². The van der Waals surface area contributed by atoms with Crippen LogP contribution in [0.3, 0.4) is 0 Å². The largest absolute Gasteiger partial charge is 0.303 e. The molecule has 1 unspecified atom stereocenters. The highest BCUT2D eigenvalue weighted by molar-refractivity contribution is 9.10. The third kappa shape index (κ3) is 2.17. The van der Waals surface area contributed by atoms with Gasteiger partial charge in [-0.25, -0.2) is 0 Å². The molecule has 4 nitrogen and oxygen atoms in total. The van der Waals surface area contributed by atoms with Crippen molar-refractivity contribution in [3.05, 3.63) is 38.3 Å². The zero-order valence-electron chi connectivity index (χ0n) is 7.44. The fourth-order valence-corrected chi connectivity index (χ4v) is 1.42. The molecule has 0 aromatic heterocycles. The van der Waals surface area contributed by atoms with Gasteiger partial charge in [0.2, 0.25) is 0 Å². The monoisotopic (exact) mass is 257 g/mol. The molecule has 14 heavy (non-hydrogen) atoms. The van der Waals surface area contributed by atoms with Crippen molar-refractivity contribution in [1.82, 2.24) is 0 Å². The van der Waals surface area contributed by atoms with E-state index in [1.165, 1.54) is 6.07 Å². The lowest BCUT2D eigenvalue weighted by Gasteiger charge is -2.03. The van der Waals surface area contributed by atoms with Crippen molar-refractivity contribution < 1.29 is 9.72 Å². The van der Waals surface area contributed by atoms with Crippen molar-refractivity contribution in [3.63, 3.8) is 0 Å². The highest BCUT2D eigenvalue weighted by Crippen LogP contribution is 2.28. The molecule has 0 saturated heterocycles. The summed E-state index contributed by atoms with van der Waals surface area (Å²) in [4.78, 5) is 20.6. The third-order valence-electron chi connectivity index (χ3n) is 1.90. The second-order valence-corrected chi connectivity index (χ2v) is 3.75. The molecule has 1 aromatic rings. The molecule has 0 aliphatic carbocycles. The van der Waals surface area contributed by atoms with Crippen molar-refractivity contribution in [2.75, 3.05) is 0 Å². The summed E-state index contributed by atoms with van der Waals surface area (Å²) in [6.45, 7) is 1.69. The van der Waals surface area contributed by atoms with Crippen molar-refractivity contribution in [2.24, 2.45) is 0 Å². The summed E-state index contributed by atoms with van der Waals surface area (Å²) >= 11 is 3.07. The van der Waals surface area contributed by atoms with Crippen LogP contribution in [0.5, 0.6) is 0 Å². The first-order valence-electron chi connectivity index (χ1n) is 3.95. The van der Waals surface area contributed by atoms with Gasteiger partial charge in [-0.1, -0.05) is 13.0 Å². The van der Waals surface area contributed by atoms with Gasteiger partial charge < -0.3 is 4.79 Å². The number of rotatable bonds is 3. The molecule has 0 N–H and O–H groups in total. The van der Waals surface area contributed by atoms with Crippen LogP contribution >= 0.6 is 15.9 Å². The Morgan fingerprint density at radius 2 is 2.21 bits per heavy atom. The van der Waals surface area contributed by atoms with Gasteiger partial charge in [0.05, 0.1) is 9.40 Å². The van der Waals surface area contributed by atoms with Crippen molar-refractivity contribution in [1.29, 1.82) is 0 Å². The van der Waals surface area contributed by atoms with Crippen LogP contribution in [0.15, 0.2) is 22.7 Å². The molecule has 1 atom stereocenters. The lowest BCUT2D eigenvalue weighted by Crippen LogP contribution is -1.97. The molecule has 0 heterocycles. The molecule has 0 aliphatic rings. The van der Waals surface area contributed by atoms with Gasteiger partial charge in [0.25, 0.3) is 5.69 Å². The quantitative estimate of drug-likeness (QED) is 0.475. The van der Waals surface area contributed by atoms with E-state index in [-0.39, 0.29) is 11.6 Å². The smallest absolute Gasteiger partial charge is 0.283 e. The number of carbonyl (C=O) groups is 1. The number of nitro benzene ring substituents is 1. The van der Waals surface area contributed by atoms with Crippen LogP contribution < -0.4 is 0 Å². The van der Waals surface area contributed by atoms with E-state index >= 15 is 0 Å². The predicted molar refractivity (Wildman–Crippen MR) is 55.3 cm³/mol. The SMILES string of the molecule is CC(C=O)c1ccc(Br)c([N+](=O)[O-])c1. The van der Waals surface area contributed by atoms with E-state index < -0.39 is 4.92 Å². The average molecular weight is 258 g/mol. The summed E-state index contributed by atoms with van der Waals surface area (Å²) < 4.78 is 0.421. The first-order valence-corrected chi connectivity index (χ1v) is 4.74. The lowest BCUT2D eigenvalue weighted by atomic mass is 10.0. The van der Waals surface area contributed by atoms with E-state index in [1.807, 2.05) is 0 Å². The second kappa shape index (κ2) is 4.32. The maximum absolute atomic E-state index is 10.6. The summed E-state index contributed by atoms with van der Waals surface area (Å²) in [5.41, 5.74) is 0.631. The second-order valence-electron chi connectivity index (χ2n) is 2.89. The number of halogens is 1. The van der Waals surface area contributed by atoms with E-state index in [0.29, 0.717) is 10.0 Å². The Bertz CT molecular complexity index is 378. The summed E-state index contributed by atoms with van der Waals surface area (Å²) in [5, 5.41) is 10.6. The lowest BCUT2D eigenvalue weighted by molar-refractivity contribution is -0.385. The Hall–Kier alpha value is -1.23. The van der Waals surface area contributed by atoms with E-state index in [9.17, 15) is 14.9 Å². The molecule has 0 radical (unpaired) electrons. The molecule has 5 heteroatoms. The van der Waals surface area contributed by atoms with Crippen molar-refractivity contribution in [3.8, 4) is 0 Å². The topological polar surface area (TPSA) is 60.2 Å². The van der Waals surface area contributed by atoms with Gasteiger partial charge >= 0.3 is 0 Å². The van der Waals surface area contributed by atoms with E-state index in [2.05, 4.69) is 15.9 Å². The highest BCUT2D eigenvalue weighted by Gasteiger charge is 2.14. The zero-order chi connectivity index (χ0) is 10.7. The summed E-state index contributed by atoms with van der Waals surface area (Å²) in [6, 6.07) is 4.67. The van der Waals surface area contributed by atoms with Gasteiger partial charge in [-0.3, -0.25) is 10.1 Å². The van der Waals surface area contributed by atoms with Gasteiger partial charge in [0.15, 0.2) is 0 Å². The fraction of sp³-hybridized carbons (Fsp3) is 0.222. The molecular weight excluding hydrogens is 250 g/mol. The first-order chi connectivity index (χ1) is 6.56. The third-order valence-corrected chi connectivity index (χ3v) is 2.57. The van der Waals surface area contributed by atoms with Crippen molar-refractivity contribution >= 4 is 27.9 Å². The maximum Gasteiger partial charge on any atom is 0.283 e. The van der Waals surface area contributed by atoms with Crippen LogP contribution in [-0.4, -0.2) is 11.2 Å². The fourth-order valence-electron chi connectivity index (χ4n) is 1.03. The van der Waals surface area contributed by atoms with Gasteiger partial charge in [-0.05, 0) is 27.6 Å². The minimum Gasteiger partial charge on any atom is -0.303 e. The van der Waals surface area contributed by atoms with Crippen LogP contribution in [-0.2, 0) is 4.79 Å². The minimum absolute atomic E-state index is 0.0174. The number of carbonyl (C=O) groups excluding carboxylic acids is 1. The number of hydrogen-bond acceptors (Lipinski definition) is 3. The molecule has 1 aromatic carbocycles. The molecule has 0 bridgehead atoms. The summed E-state index contributed by atoms with van der Waals surface area (Å²) in [7, 11) is 0. The number of benzene rings is 1. The Morgan fingerprint density at radius 3 is 2.71 bits per heavy atom. The van der Waals surface area contributed by atoms with E-state index in [0.717, 1.165) is 6.29 Å². The molecule has 0 saturated carbocycles. The average Bonchev–Trinajstić information content (AvgIpc) is 2.17. The molecule has 0 aliphatic heterocycles. The predicted octanol–water partition coefficient (Wildman–Crippen LogP) is 2.66. The molecule has 1 rings (SSSR count). The van der Waals surface area contributed by atoms with Crippen LogP contribution in [0.25, 0.3) is 0 Å². The summed E-state index contributed by atoms with van der Waals surface area (Å²) in [5.74, 6) is -0.318. The Morgan fingerprint density at radius 1 is 1.57 bits per heavy atom. The molecule has 0 amide bonds. The molecule has 0 fully saturated rings. The van der Waals surface area contributed by atoms with Gasteiger partial charge in [-0.15, -0.1) is 0 Å². The van der Waals surface area contributed by atoms with Crippen LogP contribution in [0, 0.1) is 10.1 Å². The molecular formula is C9H8BrNO3. The standard InChI is InChI=1S/C9H8BrNO3/c1-6(5-12)7-2-3-8(10)9(4-7)11(13)14/h2-6H,1H3. The van der Waals surface area contributed by atoms with Crippen LogP contribution in [0.4, 0.5) is 5.69 Å². The van der Waals surface area contributed by atoms with Gasteiger partial charge in [0.1, 0.15) is 6.29 Å². The van der Waals surface area contributed by atoms with Crippen LogP contribution in [0.1, 0.15) is 18.4 Å². The molecule has 74 valence electrons. The molecule has 0 spiro atoms. The normalized spacial score (nSPS) is 12.1. The number of nitro groups is 1. The Labute approximate surface area is 89.2 Å². The first kappa shape index (κ1) is 10.8. The van der Waals surface area contributed by atoms with Crippen molar-refractivity contribution in [2.45, 2.75) is 12.8 Å².